The molecule has 3 rings (SSSR count). The van der Waals surface area contributed by atoms with E-state index in [-0.39, 0.29) is 12.7 Å². The summed E-state index contributed by atoms with van der Waals surface area (Å²) in [5, 5.41) is 2.77. The zero-order chi connectivity index (χ0) is 14.7. The van der Waals surface area contributed by atoms with Gasteiger partial charge in [-0.2, -0.15) is 0 Å². The summed E-state index contributed by atoms with van der Waals surface area (Å²) in [5.41, 5.74) is 1.86. The van der Waals surface area contributed by atoms with Gasteiger partial charge < -0.3 is 9.47 Å². The van der Waals surface area contributed by atoms with Crippen LogP contribution in [0.25, 0.3) is 6.08 Å². The Bertz CT molecular complexity index is 710. The van der Waals surface area contributed by atoms with Gasteiger partial charge in [-0.1, -0.05) is 12.1 Å². The van der Waals surface area contributed by atoms with Gasteiger partial charge in [0.2, 0.25) is 6.79 Å². The van der Waals surface area contributed by atoms with Gasteiger partial charge in [0.25, 0.3) is 5.82 Å². The summed E-state index contributed by atoms with van der Waals surface area (Å²) in [7, 11) is 0. The lowest BCUT2D eigenvalue weighted by molar-refractivity contribution is -0.370. The number of carbonyl (C=O) groups is 1. The molecule has 21 heavy (non-hydrogen) atoms. The van der Waals surface area contributed by atoms with Crippen molar-refractivity contribution in [2.45, 2.75) is 6.92 Å². The van der Waals surface area contributed by atoms with Crippen LogP contribution < -0.4 is 19.8 Å². The van der Waals surface area contributed by atoms with Gasteiger partial charge in [0.05, 0.1) is 5.69 Å². The number of hydrogen-bond donors (Lipinski definition) is 1. The fraction of sp³-hybridized carbons (Fsp3) is 0.125. The van der Waals surface area contributed by atoms with Gasteiger partial charge >= 0.3 is 5.91 Å². The number of anilines is 1. The zero-order valence-corrected chi connectivity index (χ0v) is 11.6. The number of benzene rings is 1. The number of nitrogens with one attached hydrogen (secondary N) is 2. The quantitative estimate of drug-likeness (QED) is 0.878. The van der Waals surface area contributed by atoms with E-state index >= 15 is 0 Å². The molecule has 1 aliphatic rings. The van der Waals surface area contributed by atoms with Crippen LogP contribution in [0, 0.1) is 6.92 Å². The monoisotopic (exact) mass is 283 g/mol. The first-order valence-electron chi connectivity index (χ1n) is 6.58. The number of rotatable bonds is 3. The van der Waals surface area contributed by atoms with Crippen molar-refractivity contribution < 1.29 is 19.3 Å². The average Bonchev–Trinajstić information content (AvgIpc) is 2.92. The fourth-order valence-corrected chi connectivity index (χ4v) is 2.02. The van der Waals surface area contributed by atoms with Crippen molar-refractivity contribution in [3.05, 3.63) is 53.7 Å². The number of aromatic amines is 1. The number of hydrogen-bond acceptors (Lipinski definition) is 3. The number of fused-ring (bicyclic) bond motifs is 1. The van der Waals surface area contributed by atoms with Crippen LogP contribution in [0.1, 0.15) is 11.3 Å². The maximum absolute atomic E-state index is 11.9. The molecule has 0 aliphatic carbocycles. The van der Waals surface area contributed by atoms with E-state index in [1.807, 2.05) is 37.3 Å². The number of amides is 1. The van der Waals surface area contributed by atoms with E-state index < -0.39 is 0 Å². The van der Waals surface area contributed by atoms with Crippen LogP contribution in [0.3, 0.4) is 0 Å². The molecule has 0 unspecified atom stereocenters. The first-order chi connectivity index (χ1) is 10.2. The predicted molar refractivity (Wildman–Crippen MR) is 78.0 cm³/mol. The lowest BCUT2D eigenvalue weighted by Crippen LogP contribution is -2.19. The number of aryl methyl sites for hydroxylation is 1. The molecule has 0 fully saturated rings. The van der Waals surface area contributed by atoms with Crippen LogP contribution in [-0.4, -0.2) is 12.7 Å². The van der Waals surface area contributed by atoms with Crippen LogP contribution >= 0.6 is 0 Å². The summed E-state index contributed by atoms with van der Waals surface area (Å²) in [5.74, 6) is 1.89. The lowest BCUT2D eigenvalue weighted by atomic mass is 10.2. The Kier molecular flexibility index (Phi) is 3.55. The lowest BCUT2D eigenvalue weighted by Gasteiger charge is -1.97. The van der Waals surface area contributed by atoms with E-state index in [4.69, 9.17) is 9.47 Å². The van der Waals surface area contributed by atoms with E-state index in [9.17, 15) is 4.79 Å². The molecule has 1 amide bonds. The third-order valence-electron chi connectivity index (χ3n) is 3.02. The minimum Gasteiger partial charge on any atom is -0.454 e. The van der Waals surface area contributed by atoms with Crippen molar-refractivity contribution in [1.82, 2.24) is 0 Å². The molecule has 1 aliphatic heterocycles. The molecule has 106 valence electrons. The van der Waals surface area contributed by atoms with E-state index in [1.165, 1.54) is 6.08 Å². The van der Waals surface area contributed by atoms with Gasteiger partial charge in [-0.25, -0.2) is 15.1 Å². The molecule has 0 radical (unpaired) electrons. The number of aromatic nitrogens is 1. The third-order valence-corrected chi connectivity index (χ3v) is 3.02. The highest BCUT2D eigenvalue weighted by Crippen LogP contribution is 2.32. The molecule has 5 nitrogen and oxygen atoms in total. The van der Waals surface area contributed by atoms with Crippen molar-refractivity contribution in [3.8, 4) is 11.5 Å². The molecule has 0 bridgehead atoms. The average molecular weight is 283 g/mol. The highest BCUT2D eigenvalue weighted by molar-refractivity contribution is 6.01. The van der Waals surface area contributed by atoms with Crippen molar-refractivity contribution >= 4 is 17.8 Å². The highest BCUT2D eigenvalue weighted by atomic mass is 16.7. The Labute approximate surface area is 122 Å². The minimum absolute atomic E-state index is 0.200. The fourth-order valence-electron chi connectivity index (χ4n) is 2.02. The molecule has 0 saturated carbocycles. The molecule has 0 spiro atoms. The van der Waals surface area contributed by atoms with E-state index in [2.05, 4.69) is 10.3 Å². The number of ether oxygens (including phenoxy) is 2. The summed E-state index contributed by atoms with van der Waals surface area (Å²) >= 11 is 0. The van der Waals surface area contributed by atoms with Crippen LogP contribution in [0.15, 0.2) is 42.5 Å². The second kappa shape index (κ2) is 5.66. The molecular weight excluding hydrogens is 268 g/mol. The first-order valence-corrected chi connectivity index (χ1v) is 6.58. The summed E-state index contributed by atoms with van der Waals surface area (Å²) in [4.78, 5) is 14.9. The molecule has 2 N–H and O–H groups in total. The van der Waals surface area contributed by atoms with E-state index in [0.29, 0.717) is 11.6 Å². The SMILES string of the molecule is Cc1cccc(NC(=O)C=Cc2ccc3c(c2)OCO3)[nH+]1. The molecule has 0 saturated heterocycles. The second-order valence-electron chi connectivity index (χ2n) is 4.68. The molecule has 2 heterocycles. The summed E-state index contributed by atoms with van der Waals surface area (Å²) in [6.07, 6.45) is 3.21. The Balaban J connectivity index is 1.67. The normalized spacial score (nSPS) is 12.6. The molecule has 1 aromatic carbocycles. The Morgan fingerprint density at radius 1 is 1.24 bits per heavy atom. The van der Waals surface area contributed by atoms with Crippen molar-refractivity contribution in [1.29, 1.82) is 0 Å². The minimum atomic E-state index is -0.200. The van der Waals surface area contributed by atoms with Gasteiger partial charge in [-0.15, -0.1) is 0 Å². The largest absolute Gasteiger partial charge is 0.454 e. The smallest absolute Gasteiger partial charge is 0.331 e. The Morgan fingerprint density at radius 3 is 2.95 bits per heavy atom. The predicted octanol–water partition coefficient (Wildman–Crippen LogP) is 2.19. The third kappa shape index (κ3) is 3.20. The summed E-state index contributed by atoms with van der Waals surface area (Å²) in [6.45, 7) is 2.17. The summed E-state index contributed by atoms with van der Waals surface area (Å²) in [6, 6.07) is 11.1. The summed E-state index contributed by atoms with van der Waals surface area (Å²) < 4.78 is 10.5. The van der Waals surface area contributed by atoms with Crippen molar-refractivity contribution in [2.75, 3.05) is 12.1 Å². The van der Waals surface area contributed by atoms with Gasteiger partial charge in [0.15, 0.2) is 11.5 Å². The van der Waals surface area contributed by atoms with E-state index in [1.54, 1.807) is 12.1 Å². The van der Waals surface area contributed by atoms with Crippen molar-refractivity contribution in [2.24, 2.45) is 0 Å². The van der Waals surface area contributed by atoms with E-state index in [0.717, 1.165) is 17.0 Å². The number of carbonyl (C=O) groups excluding carboxylic acids is 1. The topological polar surface area (TPSA) is 61.7 Å². The zero-order valence-electron chi connectivity index (χ0n) is 11.6. The first kappa shape index (κ1) is 13.2. The van der Waals surface area contributed by atoms with Crippen LogP contribution in [0.5, 0.6) is 11.5 Å². The van der Waals surface area contributed by atoms with Crippen LogP contribution in [0.2, 0.25) is 0 Å². The second-order valence-corrected chi connectivity index (χ2v) is 4.68. The van der Waals surface area contributed by atoms with Gasteiger partial charge in [0, 0.05) is 12.1 Å². The van der Waals surface area contributed by atoms with Gasteiger partial charge in [0.1, 0.15) is 0 Å². The Morgan fingerprint density at radius 2 is 2.10 bits per heavy atom. The highest BCUT2D eigenvalue weighted by Gasteiger charge is 2.12. The standard InChI is InChI=1S/C16H14N2O3/c1-11-3-2-4-15(17-11)18-16(19)8-6-12-5-7-13-14(9-12)21-10-20-13/h2-9H,10H2,1H3,(H,17,18,19)/p+1. The Hall–Kier alpha value is -2.82. The van der Waals surface area contributed by atoms with Crippen LogP contribution in [-0.2, 0) is 4.79 Å². The van der Waals surface area contributed by atoms with Gasteiger partial charge in [-0.3, -0.25) is 0 Å². The molecule has 2 aromatic rings. The molecular formula is C16H15N2O3+. The molecule has 5 heteroatoms. The molecule has 1 aromatic heterocycles. The molecule has 0 atom stereocenters. The number of pyridine rings is 1. The van der Waals surface area contributed by atoms with Crippen molar-refractivity contribution in [3.63, 3.8) is 0 Å². The maximum atomic E-state index is 11.9. The number of H-pyrrole nitrogens is 1. The van der Waals surface area contributed by atoms with Gasteiger partial charge in [-0.05, 0) is 36.8 Å². The maximum Gasteiger partial charge on any atom is 0.331 e. The van der Waals surface area contributed by atoms with Crippen LogP contribution in [0.4, 0.5) is 5.82 Å².